The fourth-order valence-electron chi connectivity index (χ4n) is 1.30. The molecule has 1 aliphatic rings. The van der Waals surface area contributed by atoms with Crippen molar-refractivity contribution in [1.29, 1.82) is 0 Å². The van der Waals surface area contributed by atoms with Gasteiger partial charge in [0.2, 0.25) is 0 Å². The van der Waals surface area contributed by atoms with Crippen molar-refractivity contribution in [3.05, 3.63) is 0 Å². The Labute approximate surface area is 94.5 Å². The Morgan fingerprint density at radius 1 is 1.38 bits per heavy atom. The molecule has 0 aromatic carbocycles. The molecular weight excluding hydrogens is 279 g/mol. The van der Waals surface area contributed by atoms with Gasteiger partial charge in [0, 0.05) is 17.6 Å². The van der Waals surface area contributed by atoms with Crippen molar-refractivity contribution < 1.29 is 9.47 Å². The van der Waals surface area contributed by atoms with Crippen LogP contribution in [0.4, 0.5) is 0 Å². The van der Waals surface area contributed by atoms with Crippen molar-refractivity contribution in [3.8, 4) is 0 Å². The topological polar surface area (TPSA) is 18.5 Å². The molecule has 13 heavy (non-hydrogen) atoms. The zero-order valence-electron chi connectivity index (χ0n) is 8.51. The minimum atomic E-state index is 0.0405. The Morgan fingerprint density at radius 2 is 2.00 bits per heavy atom. The summed E-state index contributed by atoms with van der Waals surface area (Å²) in [4.78, 5) is 0. The molecule has 2 nitrogen and oxygen atoms in total. The Kier molecular flexibility index (Phi) is 4.97. The molecule has 0 radical (unpaired) electrons. The van der Waals surface area contributed by atoms with Crippen LogP contribution in [0.25, 0.3) is 0 Å². The molecule has 0 bridgehead atoms. The van der Waals surface area contributed by atoms with Crippen LogP contribution in [0, 0.1) is 5.92 Å². The maximum absolute atomic E-state index is 5.86. The Balaban J connectivity index is 2.17. The molecule has 0 aromatic rings. The number of rotatable bonds is 4. The second-order valence-corrected chi connectivity index (χ2v) is 5.02. The van der Waals surface area contributed by atoms with E-state index in [1.165, 1.54) is 0 Å². The summed E-state index contributed by atoms with van der Waals surface area (Å²) in [6.07, 6.45) is 2.33. The van der Waals surface area contributed by atoms with Gasteiger partial charge >= 0.3 is 0 Å². The van der Waals surface area contributed by atoms with Crippen LogP contribution in [0.2, 0.25) is 0 Å². The maximum Gasteiger partial charge on any atom is 0.0715 e. The van der Waals surface area contributed by atoms with E-state index in [1.54, 1.807) is 0 Å². The third kappa shape index (κ3) is 4.61. The zero-order valence-corrected chi connectivity index (χ0v) is 10.7. The summed E-state index contributed by atoms with van der Waals surface area (Å²) in [6.45, 7) is 7.04. The largest absolute Gasteiger partial charge is 0.381 e. The fourth-order valence-corrected chi connectivity index (χ4v) is 1.52. The second kappa shape index (κ2) is 5.51. The third-order valence-electron chi connectivity index (χ3n) is 2.37. The van der Waals surface area contributed by atoms with E-state index in [2.05, 4.69) is 36.4 Å². The first-order valence-electron chi connectivity index (χ1n) is 4.92. The highest BCUT2D eigenvalue weighted by Crippen LogP contribution is 2.19. The number of hydrogen-bond acceptors (Lipinski definition) is 2. The van der Waals surface area contributed by atoms with Gasteiger partial charge in [-0.1, -0.05) is 22.6 Å². The molecule has 1 saturated heterocycles. The number of ether oxygens (including phenoxy) is 2. The number of alkyl halides is 1. The first-order valence-corrected chi connectivity index (χ1v) is 6.44. The van der Waals surface area contributed by atoms with Gasteiger partial charge in [0.25, 0.3) is 0 Å². The van der Waals surface area contributed by atoms with Crippen LogP contribution in [0.15, 0.2) is 0 Å². The summed E-state index contributed by atoms with van der Waals surface area (Å²) in [7, 11) is 0. The van der Waals surface area contributed by atoms with Crippen LogP contribution in [0.3, 0.4) is 0 Å². The van der Waals surface area contributed by atoms with Crippen LogP contribution in [0.1, 0.15) is 26.7 Å². The van der Waals surface area contributed by atoms with Crippen molar-refractivity contribution in [3.63, 3.8) is 0 Å². The fraction of sp³-hybridized carbons (Fsp3) is 1.00. The predicted octanol–water partition coefficient (Wildman–Crippen LogP) is 2.64. The van der Waals surface area contributed by atoms with Crippen molar-refractivity contribution in [2.24, 2.45) is 5.92 Å². The predicted molar refractivity (Wildman–Crippen MR) is 62.5 cm³/mol. The lowest BCUT2D eigenvalue weighted by molar-refractivity contribution is -0.0412. The van der Waals surface area contributed by atoms with E-state index in [4.69, 9.17) is 9.47 Å². The molecule has 78 valence electrons. The lowest BCUT2D eigenvalue weighted by Crippen LogP contribution is -2.30. The molecule has 0 spiro atoms. The van der Waals surface area contributed by atoms with E-state index < -0.39 is 0 Å². The highest BCUT2D eigenvalue weighted by Gasteiger charge is 2.20. The molecule has 0 aliphatic carbocycles. The van der Waals surface area contributed by atoms with E-state index in [0.717, 1.165) is 43.0 Å². The Hall–Kier alpha value is 0.650. The molecular formula is C10H19IO2. The maximum atomic E-state index is 5.86. The molecule has 1 heterocycles. The molecule has 3 heteroatoms. The van der Waals surface area contributed by atoms with Gasteiger partial charge in [-0.3, -0.25) is 0 Å². The van der Waals surface area contributed by atoms with Crippen molar-refractivity contribution in [2.75, 3.05) is 24.2 Å². The minimum absolute atomic E-state index is 0.0405. The lowest BCUT2D eigenvalue weighted by Gasteiger charge is -2.28. The number of halogens is 1. The van der Waals surface area contributed by atoms with Crippen LogP contribution >= 0.6 is 22.6 Å². The van der Waals surface area contributed by atoms with Crippen molar-refractivity contribution in [1.82, 2.24) is 0 Å². The van der Waals surface area contributed by atoms with E-state index in [-0.39, 0.29) is 5.60 Å². The second-order valence-electron chi connectivity index (χ2n) is 4.26. The smallest absolute Gasteiger partial charge is 0.0715 e. The summed E-state index contributed by atoms with van der Waals surface area (Å²) < 4.78 is 12.2. The minimum Gasteiger partial charge on any atom is -0.381 e. The van der Waals surface area contributed by atoms with Gasteiger partial charge in [0.1, 0.15) is 0 Å². The lowest BCUT2D eigenvalue weighted by atomic mass is 10.0. The average molecular weight is 298 g/mol. The average Bonchev–Trinajstić information content (AvgIpc) is 2.17. The van der Waals surface area contributed by atoms with Gasteiger partial charge in [0.15, 0.2) is 0 Å². The molecule has 0 amide bonds. The summed E-state index contributed by atoms with van der Waals surface area (Å²) in [5, 5.41) is 0. The summed E-state index contributed by atoms with van der Waals surface area (Å²) in [5.41, 5.74) is 0.0405. The summed E-state index contributed by atoms with van der Waals surface area (Å²) >= 11 is 2.37. The van der Waals surface area contributed by atoms with Gasteiger partial charge in [-0.2, -0.15) is 0 Å². The van der Waals surface area contributed by atoms with Crippen molar-refractivity contribution >= 4 is 22.6 Å². The molecule has 0 aromatic heterocycles. The summed E-state index contributed by atoms with van der Waals surface area (Å²) in [5.74, 6) is 0.718. The van der Waals surface area contributed by atoms with Gasteiger partial charge in [0.05, 0.1) is 12.2 Å². The highest BCUT2D eigenvalue weighted by atomic mass is 127. The number of hydrogen-bond donors (Lipinski definition) is 0. The molecule has 1 rings (SSSR count). The van der Waals surface area contributed by atoms with E-state index >= 15 is 0 Å². The SMILES string of the molecule is CC(C)(CI)OCC1CCOCC1. The van der Waals surface area contributed by atoms with Crippen LogP contribution < -0.4 is 0 Å². The monoisotopic (exact) mass is 298 g/mol. The summed E-state index contributed by atoms with van der Waals surface area (Å²) in [6, 6.07) is 0. The van der Waals surface area contributed by atoms with Crippen molar-refractivity contribution in [2.45, 2.75) is 32.3 Å². The van der Waals surface area contributed by atoms with Crippen LogP contribution in [0.5, 0.6) is 0 Å². The van der Waals surface area contributed by atoms with Gasteiger partial charge in [-0.15, -0.1) is 0 Å². The third-order valence-corrected chi connectivity index (χ3v) is 4.21. The van der Waals surface area contributed by atoms with E-state index in [0.29, 0.717) is 0 Å². The molecule has 1 fully saturated rings. The molecule has 0 saturated carbocycles. The molecule has 0 N–H and O–H groups in total. The normalized spacial score (nSPS) is 20.5. The van der Waals surface area contributed by atoms with Crippen LogP contribution in [-0.2, 0) is 9.47 Å². The molecule has 1 aliphatic heterocycles. The molecule has 0 unspecified atom stereocenters. The van der Waals surface area contributed by atoms with Gasteiger partial charge in [-0.25, -0.2) is 0 Å². The quantitative estimate of drug-likeness (QED) is 0.587. The van der Waals surface area contributed by atoms with Gasteiger partial charge in [-0.05, 0) is 32.6 Å². The van der Waals surface area contributed by atoms with Gasteiger partial charge < -0.3 is 9.47 Å². The highest BCUT2D eigenvalue weighted by molar-refractivity contribution is 14.1. The first-order chi connectivity index (χ1) is 6.14. The van der Waals surface area contributed by atoms with E-state index in [9.17, 15) is 0 Å². The van der Waals surface area contributed by atoms with Crippen LogP contribution in [-0.4, -0.2) is 29.8 Å². The van der Waals surface area contributed by atoms with E-state index in [1.807, 2.05) is 0 Å². The Bertz CT molecular complexity index is 142. The molecule has 0 atom stereocenters. The first kappa shape index (κ1) is 11.7. The zero-order chi connectivity index (χ0) is 9.73. The standard InChI is InChI=1S/C10H19IO2/c1-10(2,8-11)13-7-9-3-5-12-6-4-9/h9H,3-8H2,1-2H3. The Morgan fingerprint density at radius 3 is 2.54 bits per heavy atom.